The van der Waals surface area contributed by atoms with Crippen molar-refractivity contribution >= 4 is 27.7 Å². The summed E-state index contributed by atoms with van der Waals surface area (Å²) >= 11 is 4.96. The van der Waals surface area contributed by atoms with E-state index in [1.54, 1.807) is 4.68 Å². The van der Waals surface area contributed by atoms with Gasteiger partial charge in [-0.25, -0.2) is 4.68 Å². The van der Waals surface area contributed by atoms with Crippen molar-refractivity contribution in [1.29, 1.82) is 0 Å². The second-order valence-corrected chi connectivity index (χ2v) is 7.86. The van der Waals surface area contributed by atoms with Crippen LogP contribution in [0.15, 0.2) is 64.2 Å². The molecule has 0 bridgehead atoms. The third-order valence-electron chi connectivity index (χ3n) is 3.92. The lowest BCUT2D eigenvalue weighted by atomic mass is 10.2. The molecule has 0 radical (unpaired) electrons. The molecule has 0 saturated heterocycles. The van der Waals surface area contributed by atoms with Crippen molar-refractivity contribution in [3.05, 3.63) is 64.9 Å². The van der Waals surface area contributed by atoms with Crippen LogP contribution >= 0.6 is 27.7 Å². The maximum atomic E-state index is 6.25. The second kappa shape index (κ2) is 7.49. The first-order chi connectivity index (χ1) is 13.1. The van der Waals surface area contributed by atoms with E-state index in [4.69, 9.17) is 5.84 Å². The van der Waals surface area contributed by atoms with Gasteiger partial charge >= 0.3 is 0 Å². The van der Waals surface area contributed by atoms with Gasteiger partial charge in [-0.2, -0.15) is 4.68 Å². The third kappa shape index (κ3) is 3.45. The van der Waals surface area contributed by atoms with Gasteiger partial charge < -0.3 is 5.84 Å². The summed E-state index contributed by atoms with van der Waals surface area (Å²) in [5, 5.41) is 21.1. The highest BCUT2D eigenvalue weighted by Gasteiger charge is 2.21. The van der Waals surface area contributed by atoms with Gasteiger partial charge in [0.15, 0.2) is 11.6 Å². The minimum Gasteiger partial charge on any atom is -0.335 e. The molecule has 0 aliphatic heterocycles. The number of rotatable bonds is 5. The molecule has 2 heterocycles. The molecule has 27 heavy (non-hydrogen) atoms. The SMILES string of the molecule is CC(Sc1nnc(-c2ccccc2Br)n1N)c1nnnn1-c1ccccc1. The highest BCUT2D eigenvalue weighted by Crippen LogP contribution is 2.35. The summed E-state index contributed by atoms with van der Waals surface area (Å²) in [6.45, 7) is 2.00. The number of para-hydroxylation sites is 1. The summed E-state index contributed by atoms with van der Waals surface area (Å²) in [5.74, 6) is 7.54. The average Bonchev–Trinajstić information content (AvgIpc) is 3.31. The van der Waals surface area contributed by atoms with Gasteiger partial charge in [-0.05, 0) is 41.6 Å². The van der Waals surface area contributed by atoms with Crippen LogP contribution in [0.5, 0.6) is 0 Å². The average molecular weight is 443 g/mol. The van der Waals surface area contributed by atoms with Gasteiger partial charge in [-0.3, -0.25) is 0 Å². The molecule has 0 amide bonds. The molecule has 0 aliphatic rings. The smallest absolute Gasteiger partial charge is 0.210 e. The van der Waals surface area contributed by atoms with E-state index in [0.29, 0.717) is 16.8 Å². The number of hydrogen-bond donors (Lipinski definition) is 1. The van der Waals surface area contributed by atoms with Crippen LogP contribution in [-0.2, 0) is 0 Å². The Morgan fingerprint density at radius 3 is 2.52 bits per heavy atom. The lowest BCUT2D eigenvalue weighted by Gasteiger charge is -2.11. The standard InChI is InChI=1S/C17H15BrN8S/c1-11(15-21-23-24-26(15)12-7-3-2-4-8-12)27-17-22-20-16(25(17)19)13-9-5-6-10-14(13)18/h2-11H,19H2,1H3. The van der Waals surface area contributed by atoms with Crippen molar-refractivity contribution < 1.29 is 0 Å². The van der Waals surface area contributed by atoms with Gasteiger partial charge in [0.25, 0.3) is 0 Å². The number of benzene rings is 2. The van der Waals surface area contributed by atoms with E-state index < -0.39 is 0 Å². The summed E-state index contributed by atoms with van der Waals surface area (Å²) < 4.78 is 4.10. The van der Waals surface area contributed by atoms with Gasteiger partial charge in [-0.15, -0.1) is 15.3 Å². The number of aromatic nitrogens is 7. The Bertz CT molecular complexity index is 1060. The number of nitrogens with zero attached hydrogens (tertiary/aromatic N) is 7. The summed E-state index contributed by atoms with van der Waals surface area (Å²) in [6.07, 6.45) is 0. The summed E-state index contributed by atoms with van der Waals surface area (Å²) in [5.41, 5.74) is 1.77. The van der Waals surface area contributed by atoms with E-state index in [0.717, 1.165) is 15.7 Å². The molecule has 4 aromatic rings. The molecular weight excluding hydrogens is 428 g/mol. The van der Waals surface area contributed by atoms with Crippen LogP contribution in [0, 0.1) is 0 Å². The monoisotopic (exact) mass is 442 g/mol. The van der Waals surface area contributed by atoms with Crippen molar-refractivity contribution in [2.24, 2.45) is 0 Å². The highest BCUT2D eigenvalue weighted by molar-refractivity contribution is 9.10. The number of nitrogens with two attached hydrogens (primary N) is 1. The van der Waals surface area contributed by atoms with E-state index in [-0.39, 0.29) is 5.25 Å². The van der Waals surface area contributed by atoms with E-state index in [1.165, 1.54) is 16.4 Å². The molecule has 0 saturated carbocycles. The van der Waals surface area contributed by atoms with Gasteiger partial charge in [0.2, 0.25) is 5.16 Å². The van der Waals surface area contributed by atoms with Crippen molar-refractivity contribution in [3.63, 3.8) is 0 Å². The molecule has 136 valence electrons. The Morgan fingerprint density at radius 2 is 1.74 bits per heavy atom. The predicted octanol–water partition coefficient (Wildman–Crippen LogP) is 3.25. The van der Waals surface area contributed by atoms with Crippen molar-refractivity contribution in [2.45, 2.75) is 17.3 Å². The number of thioether (sulfide) groups is 1. The Morgan fingerprint density at radius 1 is 1.00 bits per heavy atom. The van der Waals surface area contributed by atoms with Gasteiger partial charge in [0.1, 0.15) is 0 Å². The van der Waals surface area contributed by atoms with Crippen LogP contribution < -0.4 is 5.84 Å². The highest BCUT2D eigenvalue weighted by atomic mass is 79.9. The van der Waals surface area contributed by atoms with Crippen molar-refractivity contribution in [2.75, 3.05) is 5.84 Å². The zero-order chi connectivity index (χ0) is 18.8. The first kappa shape index (κ1) is 17.7. The number of nitrogen functional groups attached to an aromatic ring is 1. The molecule has 0 fully saturated rings. The molecule has 10 heteroatoms. The van der Waals surface area contributed by atoms with Crippen LogP contribution in [0.4, 0.5) is 0 Å². The molecule has 2 aromatic carbocycles. The normalized spacial score (nSPS) is 12.2. The van der Waals surface area contributed by atoms with Crippen LogP contribution in [0.25, 0.3) is 17.1 Å². The molecule has 4 rings (SSSR count). The summed E-state index contributed by atoms with van der Waals surface area (Å²) in [6, 6.07) is 17.5. The molecule has 2 N–H and O–H groups in total. The fourth-order valence-corrected chi connectivity index (χ4v) is 3.91. The molecule has 1 atom stereocenters. The van der Waals surface area contributed by atoms with E-state index in [9.17, 15) is 0 Å². The Balaban J connectivity index is 1.61. The molecule has 2 aromatic heterocycles. The van der Waals surface area contributed by atoms with Gasteiger partial charge in [-0.1, -0.05) is 58.0 Å². The first-order valence-electron chi connectivity index (χ1n) is 8.11. The van der Waals surface area contributed by atoms with Crippen molar-refractivity contribution in [3.8, 4) is 17.1 Å². The quantitative estimate of drug-likeness (QED) is 0.373. The van der Waals surface area contributed by atoms with Crippen LogP contribution in [0.3, 0.4) is 0 Å². The van der Waals surface area contributed by atoms with Gasteiger partial charge in [0.05, 0.1) is 10.9 Å². The van der Waals surface area contributed by atoms with E-state index in [2.05, 4.69) is 41.7 Å². The van der Waals surface area contributed by atoms with E-state index in [1.807, 2.05) is 61.5 Å². The Hall–Kier alpha value is -2.72. The summed E-state index contributed by atoms with van der Waals surface area (Å²) in [4.78, 5) is 0. The lowest BCUT2D eigenvalue weighted by Crippen LogP contribution is -2.13. The largest absolute Gasteiger partial charge is 0.335 e. The van der Waals surface area contributed by atoms with Crippen LogP contribution in [0.2, 0.25) is 0 Å². The second-order valence-electron chi connectivity index (χ2n) is 5.70. The molecular formula is C17H15BrN8S. The topological polar surface area (TPSA) is 100 Å². The molecule has 8 nitrogen and oxygen atoms in total. The fraction of sp³-hybridized carbons (Fsp3) is 0.118. The van der Waals surface area contributed by atoms with Crippen LogP contribution in [0.1, 0.15) is 18.0 Å². The fourth-order valence-electron chi connectivity index (χ4n) is 2.60. The Labute approximate surface area is 167 Å². The van der Waals surface area contributed by atoms with E-state index >= 15 is 0 Å². The third-order valence-corrected chi connectivity index (χ3v) is 5.66. The van der Waals surface area contributed by atoms with Crippen molar-refractivity contribution in [1.82, 2.24) is 35.1 Å². The minimum atomic E-state index is -0.0845. The zero-order valence-corrected chi connectivity index (χ0v) is 16.7. The number of tetrazole rings is 1. The maximum Gasteiger partial charge on any atom is 0.210 e. The molecule has 0 aliphatic carbocycles. The van der Waals surface area contributed by atoms with Gasteiger partial charge in [0, 0.05) is 10.0 Å². The molecule has 1 unspecified atom stereocenters. The lowest BCUT2D eigenvalue weighted by molar-refractivity contribution is 0.760. The minimum absolute atomic E-state index is 0.0845. The summed E-state index contributed by atoms with van der Waals surface area (Å²) in [7, 11) is 0. The molecule has 0 spiro atoms. The maximum absolute atomic E-state index is 6.25. The number of halogens is 1. The van der Waals surface area contributed by atoms with Crippen LogP contribution in [-0.4, -0.2) is 35.1 Å². The number of hydrogen-bond acceptors (Lipinski definition) is 7. The Kier molecular flexibility index (Phi) is 4.90. The first-order valence-corrected chi connectivity index (χ1v) is 9.78. The zero-order valence-electron chi connectivity index (χ0n) is 14.3. The predicted molar refractivity (Wildman–Crippen MR) is 107 cm³/mol.